The molecule has 5 nitrogen and oxygen atoms in total. The van der Waals surface area contributed by atoms with Gasteiger partial charge in [0.2, 0.25) is 5.95 Å². The van der Waals surface area contributed by atoms with Gasteiger partial charge in [0.1, 0.15) is 0 Å². The fourth-order valence-corrected chi connectivity index (χ4v) is 2.45. The number of nitrogens with zero attached hydrogens (tertiary/aromatic N) is 3. The topological polar surface area (TPSA) is 62.7 Å². The second kappa shape index (κ2) is 6.66. The quantitative estimate of drug-likeness (QED) is 0.732. The second-order valence-corrected chi connectivity index (χ2v) is 6.58. The molecule has 0 radical (unpaired) electrons. The van der Waals surface area contributed by atoms with Crippen molar-refractivity contribution in [3.05, 3.63) is 66.4 Å². The van der Waals surface area contributed by atoms with Crippen LogP contribution in [-0.2, 0) is 5.41 Å². The fourth-order valence-electron chi connectivity index (χ4n) is 2.45. The molecular weight excluding hydrogens is 298 g/mol. The fraction of sp³-hybridized carbons (Fsp3) is 0.211. The molecule has 24 heavy (non-hydrogen) atoms. The van der Waals surface area contributed by atoms with Gasteiger partial charge in [-0.15, -0.1) is 5.10 Å². The molecule has 5 heteroatoms. The van der Waals surface area contributed by atoms with Gasteiger partial charge < -0.3 is 10.6 Å². The summed E-state index contributed by atoms with van der Waals surface area (Å²) in [5.74, 6) is 1.11. The molecule has 0 aliphatic heterocycles. The third-order valence-corrected chi connectivity index (χ3v) is 3.59. The van der Waals surface area contributed by atoms with Crippen LogP contribution in [0.15, 0.2) is 60.8 Å². The summed E-state index contributed by atoms with van der Waals surface area (Å²) in [6, 6.07) is 18.0. The van der Waals surface area contributed by atoms with E-state index in [4.69, 9.17) is 0 Å². The van der Waals surface area contributed by atoms with Crippen LogP contribution in [0.3, 0.4) is 0 Å². The normalized spacial score (nSPS) is 11.1. The predicted octanol–water partition coefficient (Wildman–Crippen LogP) is 4.66. The van der Waals surface area contributed by atoms with Crippen LogP contribution in [0.25, 0.3) is 0 Å². The van der Waals surface area contributed by atoms with Crippen LogP contribution < -0.4 is 10.6 Å². The molecule has 3 aromatic rings. The second-order valence-electron chi connectivity index (χ2n) is 6.58. The van der Waals surface area contributed by atoms with E-state index >= 15 is 0 Å². The van der Waals surface area contributed by atoms with Gasteiger partial charge in [-0.1, -0.05) is 57.2 Å². The number of hydrogen-bond acceptors (Lipinski definition) is 5. The number of anilines is 4. The molecule has 0 atom stereocenters. The molecule has 0 saturated carbocycles. The Morgan fingerprint density at radius 3 is 2.29 bits per heavy atom. The van der Waals surface area contributed by atoms with Crippen LogP contribution in [0.1, 0.15) is 26.3 Å². The van der Waals surface area contributed by atoms with Crippen molar-refractivity contribution in [3.63, 3.8) is 0 Å². The Morgan fingerprint density at radius 2 is 1.54 bits per heavy atom. The summed E-state index contributed by atoms with van der Waals surface area (Å²) in [6.07, 6.45) is 1.62. The molecular formula is C19H21N5. The van der Waals surface area contributed by atoms with Crippen molar-refractivity contribution in [2.45, 2.75) is 26.2 Å². The van der Waals surface area contributed by atoms with Crippen molar-refractivity contribution in [3.8, 4) is 0 Å². The highest BCUT2D eigenvalue weighted by molar-refractivity contribution is 5.63. The first-order valence-electron chi connectivity index (χ1n) is 7.91. The molecule has 1 aromatic heterocycles. The van der Waals surface area contributed by atoms with Gasteiger partial charge in [-0.2, -0.15) is 10.1 Å². The summed E-state index contributed by atoms with van der Waals surface area (Å²) in [4.78, 5) is 4.49. The molecule has 0 aliphatic carbocycles. The van der Waals surface area contributed by atoms with E-state index in [1.807, 2.05) is 48.5 Å². The van der Waals surface area contributed by atoms with Gasteiger partial charge >= 0.3 is 0 Å². The van der Waals surface area contributed by atoms with Gasteiger partial charge in [0.15, 0.2) is 5.82 Å². The maximum absolute atomic E-state index is 4.49. The molecule has 0 fully saturated rings. The molecule has 2 N–H and O–H groups in total. The molecule has 0 bridgehead atoms. The van der Waals surface area contributed by atoms with E-state index in [1.165, 1.54) is 5.56 Å². The Labute approximate surface area is 142 Å². The number of aromatic nitrogens is 3. The maximum Gasteiger partial charge on any atom is 0.249 e. The van der Waals surface area contributed by atoms with Crippen molar-refractivity contribution in [2.75, 3.05) is 10.6 Å². The standard InChI is InChI=1S/C19H21N5/c1-19(2,3)15-11-7-8-12-16(15)22-17-13-20-24-18(23-17)21-14-9-5-4-6-10-14/h4-13H,1-3H3,(H2,21,22,23,24). The first kappa shape index (κ1) is 15.9. The van der Waals surface area contributed by atoms with Gasteiger partial charge in [-0.3, -0.25) is 0 Å². The summed E-state index contributed by atoms with van der Waals surface area (Å²) < 4.78 is 0. The van der Waals surface area contributed by atoms with Crippen LogP contribution >= 0.6 is 0 Å². The van der Waals surface area contributed by atoms with Crippen LogP contribution in [0.4, 0.5) is 23.1 Å². The lowest BCUT2D eigenvalue weighted by molar-refractivity contribution is 0.592. The van der Waals surface area contributed by atoms with Crippen LogP contribution in [-0.4, -0.2) is 15.2 Å². The average molecular weight is 319 g/mol. The molecule has 0 amide bonds. The van der Waals surface area contributed by atoms with Gasteiger partial charge in [-0.25, -0.2) is 0 Å². The van der Waals surface area contributed by atoms with E-state index in [9.17, 15) is 0 Å². The SMILES string of the molecule is CC(C)(C)c1ccccc1Nc1cnnc(Nc2ccccc2)n1. The minimum absolute atomic E-state index is 0.0369. The van der Waals surface area contributed by atoms with Crippen molar-refractivity contribution >= 4 is 23.1 Å². The molecule has 0 spiro atoms. The zero-order valence-electron chi connectivity index (χ0n) is 14.1. The number of nitrogens with one attached hydrogen (secondary N) is 2. The third kappa shape index (κ3) is 3.87. The molecule has 122 valence electrons. The van der Waals surface area contributed by atoms with Crippen molar-refractivity contribution in [1.29, 1.82) is 0 Å². The van der Waals surface area contributed by atoms with Gasteiger partial charge in [-0.05, 0) is 29.2 Å². The molecule has 3 rings (SSSR count). The van der Waals surface area contributed by atoms with Gasteiger partial charge in [0.25, 0.3) is 0 Å². The number of rotatable bonds is 4. The Hall–Kier alpha value is -2.95. The smallest absolute Gasteiger partial charge is 0.249 e. The Balaban J connectivity index is 1.83. The summed E-state index contributed by atoms with van der Waals surface area (Å²) in [7, 11) is 0. The lowest BCUT2D eigenvalue weighted by Gasteiger charge is -2.23. The minimum Gasteiger partial charge on any atom is -0.339 e. The number of benzene rings is 2. The average Bonchev–Trinajstić information content (AvgIpc) is 2.56. The van der Waals surface area contributed by atoms with Crippen LogP contribution in [0.5, 0.6) is 0 Å². The molecule has 0 saturated heterocycles. The largest absolute Gasteiger partial charge is 0.339 e. The zero-order chi connectivity index (χ0) is 17.0. The lowest BCUT2D eigenvalue weighted by atomic mass is 9.86. The van der Waals surface area contributed by atoms with Crippen LogP contribution in [0, 0.1) is 0 Å². The Bertz CT molecular complexity index is 809. The molecule has 2 aromatic carbocycles. The van der Waals surface area contributed by atoms with Crippen molar-refractivity contribution in [2.24, 2.45) is 0 Å². The van der Waals surface area contributed by atoms with E-state index in [2.05, 4.69) is 52.7 Å². The molecule has 0 unspecified atom stereocenters. The molecule has 0 aliphatic rings. The number of hydrogen-bond donors (Lipinski definition) is 2. The van der Waals surface area contributed by atoms with E-state index < -0.39 is 0 Å². The Kier molecular flexibility index (Phi) is 4.42. The highest BCUT2D eigenvalue weighted by Gasteiger charge is 2.17. The van der Waals surface area contributed by atoms with Crippen molar-refractivity contribution in [1.82, 2.24) is 15.2 Å². The highest BCUT2D eigenvalue weighted by Crippen LogP contribution is 2.30. The summed E-state index contributed by atoms with van der Waals surface area (Å²) >= 11 is 0. The van der Waals surface area contributed by atoms with E-state index in [0.29, 0.717) is 11.8 Å². The summed E-state index contributed by atoms with van der Waals surface area (Å²) in [5.41, 5.74) is 3.21. The molecule has 1 heterocycles. The third-order valence-electron chi connectivity index (χ3n) is 3.59. The highest BCUT2D eigenvalue weighted by atomic mass is 15.3. The summed E-state index contributed by atoms with van der Waals surface area (Å²) in [6.45, 7) is 6.57. The monoisotopic (exact) mass is 319 g/mol. The van der Waals surface area contributed by atoms with E-state index in [-0.39, 0.29) is 5.41 Å². The lowest BCUT2D eigenvalue weighted by Crippen LogP contribution is -2.14. The first-order chi connectivity index (χ1) is 11.5. The van der Waals surface area contributed by atoms with E-state index in [1.54, 1.807) is 6.20 Å². The Morgan fingerprint density at radius 1 is 0.833 bits per heavy atom. The summed E-state index contributed by atoms with van der Waals surface area (Å²) in [5, 5.41) is 14.6. The number of para-hydroxylation sites is 2. The van der Waals surface area contributed by atoms with Crippen molar-refractivity contribution < 1.29 is 0 Å². The van der Waals surface area contributed by atoms with Gasteiger partial charge in [0, 0.05) is 11.4 Å². The van der Waals surface area contributed by atoms with E-state index in [0.717, 1.165) is 11.4 Å². The van der Waals surface area contributed by atoms with Crippen LogP contribution in [0.2, 0.25) is 0 Å². The minimum atomic E-state index is 0.0369. The zero-order valence-corrected chi connectivity index (χ0v) is 14.1. The predicted molar refractivity (Wildman–Crippen MR) is 98.0 cm³/mol. The first-order valence-corrected chi connectivity index (χ1v) is 7.91. The maximum atomic E-state index is 4.49. The van der Waals surface area contributed by atoms with Gasteiger partial charge in [0.05, 0.1) is 6.20 Å².